The van der Waals surface area contributed by atoms with E-state index < -0.39 is 0 Å². The molecule has 1 aromatic carbocycles. The van der Waals surface area contributed by atoms with Gasteiger partial charge in [-0.1, -0.05) is 5.16 Å². The van der Waals surface area contributed by atoms with Crippen molar-refractivity contribution >= 4 is 35.6 Å². The number of nitrogens with zero attached hydrogens (tertiary/aromatic N) is 4. The van der Waals surface area contributed by atoms with Gasteiger partial charge in [0.25, 0.3) is 0 Å². The Bertz CT molecular complexity index is 796. The van der Waals surface area contributed by atoms with Crippen molar-refractivity contribution in [1.82, 2.24) is 20.8 Å². The standard InChI is InChI=1S/C19H27FN6O.HI/c1-4-21-19(22-11-18-23-14(3)27-25-18)24-16-6-5-9-26(12-16)17-8-7-15(20)10-13(17)2;/h7-8,10,16H,4-6,9,11-12H2,1-3H3,(H2,21,22,24);1H. The first-order valence-electron chi connectivity index (χ1n) is 9.40. The molecule has 3 rings (SSSR count). The van der Waals surface area contributed by atoms with Crippen LogP contribution >= 0.6 is 24.0 Å². The number of piperidine rings is 1. The fourth-order valence-electron chi connectivity index (χ4n) is 3.36. The molecule has 1 unspecified atom stereocenters. The van der Waals surface area contributed by atoms with Gasteiger partial charge in [0.1, 0.15) is 12.4 Å². The molecule has 1 aliphatic heterocycles. The fraction of sp³-hybridized carbons (Fsp3) is 0.526. The van der Waals surface area contributed by atoms with E-state index in [9.17, 15) is 4.39 Å². The van der Waals surface area contributed by atoms with Gasteiger partial charge in [0.15, 0.2) is 11.8 Å². The minimum atomic E-state index is -0.193. The van der Waals surface area contributed by atoms with E-state index in [0.717, 1.165) is 49.7 Å². The smallest absolute Gasteiger partial charge is 0.223 e. The van der Waals surface area contributed by atoms with Crippen molar-refractivity contribution < 1.29 is 8.91 Å². The van der Waals surface area contributed by atoms with Gasteiger partial charge in [-0.25, -0.2) is 9.38 Å². The van der Waals surface area contributed by atoms with E-state index >= 15 is 0 Å². The molecule has 9 heteroatoms. The van der Waals surface area contributed by atoms with E-state index in [4.69, 9.17) is 4.52 Å². The molecule has 1 fully saturated rings. The van der Waals surface area contributed by atoms with E-state index in [1.807, 2.05) is 19.9 Å². The second-order valence-electron chi connectivity index (χ2n) is 6.79. The van der Waals surface area contributed by atoms with Gasteiger partial charge in [0, 0.05) is 38.3 Å². The lowest BCUT2D eigenvalue weighted by molar-refractivity contribution is 0.387. The van der Waals surface area contributed by atoms with Crippen molar-refractivity contribution in [2.24, 2.45) is 4.99 Å². The summed E-state index contributed by atoms with van der Waals surface area (Å²) < 4.78 is 18.4. The van der Waals surface area contributed by atoms with Crippen LogP contribution in [0.4, 0.5) is 10.1 Å². The third kappa shape index (κ3) is 6.05. The van der Waals surface area contributed by atoms with Gasteiger partial charge in [-0.2, -0.15) is 4.98 Å². The number of aliphatic imine (C=N–C) groups is 1. The number of aromatic nitrogens is 2. The summed E-state index contributed by atoms with van der Waals surface area (Å²) in [5.41, 5.74) is 2.05. The number of benzene rings is 1. The maximum Gasteiger partial charge on any atom is 0.223 e. The molecule has 1 aliphatic rings. The van der Waals surface area contributed by atoms with Crippen LogP contribution in [-0.2, 0) is 6.54 Å². The van der Waals surface area contributed by atoms with E-state index in [-0.39, 0.29) is 35.8 Å². The lowest BCUT2D eigenvalue weighted by Gasteiger charge is -2.36. The maximum atomic E-state index is 13.4. The molecule has 0 spiro atoms. The Morgan fingerprint density at radius 1 is 1.39 bits per heavy atom. The zero-order chi connectivity index (χ0) is 19.2. The molecule has 28 heavy (non-hydrogen) atoms. The van der Waals surface area contributed by atoms with Gasteiger partial charge in [-0.05, 0) is 50.5 Å². The molecule has 0 aliphatic carbocycles. The van der Waals surface area contributed by atoms with Crippen molar-refractivity contribution in [1.29, 1.82) is 0 Å². The van der Waals surface area contributed by atoms with Crippen LogP contribution < -0.4 is 15.5 Å². The van der Waals surface area contributed by atoms with Crippen LogP contribution in [0.1, 0.15) is 37.0 Å². The Morgan fingerprint density at radius 3 is 2.89 bits per heavy atom. The average Bonchev–Trinajstić information content (AvgIpc) is 3.05. The molecule has 1 atom stereocenters. The molecule has 2 N–H and O–H groups in total. The molecule has 154 valence electrons. The van der Waals surface area contributed by atoms with Crippen LogP contribution in [0.25, 0.3) is 0 Å². The zero-order valence-electron chi connectivity index (χ0n) is 16.5. The van der Waals surface area contributed by atoms with E-state index in [0.29, 0.717) is 18.3 Å². The first-order valence-corrected chi connectivity index (χ1v) is 9.40. The first-order chi connectivity index (χ1) is 13.0. The number of rotatable bonds is 5. The lowest BCUT2D eigenvalue weighted by atomic mass is 10.0. The third-order valence-electron chi connectivity index (χ3n) is 4.55. The van der Waals surface area contributed by atoms with Gasteiger partial charge in [-0.15, -0.1) is 24.0 Å². The summed E-state index contributed by atoms with van der Waals surface area (Å²) >= 11 is 0. The summed E-state index contributed by atoms with van der Waals surface area (Å²) in [4.78, 5) is 11.0. The van der Waals surface area contributed by atoms with Crippen LogP contribution in [0.2, 0.25) is 0 Å². The van der Waals surface area contributed by atoms with E-state index in [1.165, 1.54) is 6.07 Å². The molecule has 2 heterocycles. The Kier molecular flexibility index (Phi) is 8.46. The fourth-order valence-corrected chi connectivity index (χ4v) is 3.36. The summed E-state index contributed by atoms with van der Waals surface area (Å²) in [6.07, 6.45) is 2.13. The minimum Gasteiger partial charge on any atom is -0.369 e. The van der Waals surface area contributed by atoms with Crippen molar-refractivity contribution in [3.8, 4) is 0 Å². The molecular formula is C19H28FIN6O. The number of nitrogens with one attached hydrogen (secondary N) is 2. The van der Waals surface area contributed by atoms with Crippen LogP contribution in [-0.4, -0.2) is 41.8 Å². The van der Waals surface area contributed by atoms with Gasteiger partial charge in [0.05, 0.1) is 0 Å². The summed E-state index contributed by atoms with van der Waals surface area (Å²) in [5, 5.41) is 10.6. The number of guanidine groups is 1. The molecule has 1 aromatic heterocycles. The van der Waals surface area contributed by atoms with Crippen LogP contribution in [0.5, 0.6) is 0 Å². The minimum absolute atomic E-state index is 0. The molecule has 0 radical (unpaired) electrons. The average molecular weight is 502 g/mol. The Morgan fingerprint density at radius 2 is 2.21 bits per heavy atom. The highest BCUT2D eigenvalue weighted by molar-refractivity contribution is 14.0. The first kappa shape index (κ1) is 22.4. The number of hydrogen-bond acceptors (Lipinski definition) is 5. The molecule has 0 amide bonds. The lowest BCUT2D eigenvalue weighted by Crippen LogP contribution is -2.51. The zero-order valence-corrected chi connectivity index (χ0v) is 18.9. The summed E-state index contributed by atoms with van der Waals surface area (Å²) in [6, 6.07) is 5.24. The quantitative estimate of drug-likeness (QED) is 0.372. The highest BCUT2D eigenvalue weighted by Crippen LogP contribution is 2.24. The third-order valence-corrected chi connectivity index (χ3v) is 4.55. The van der Waals surface area contributed by atoms with E-state index in [2.05, 4.69) is 30.7 Å². The maximum absolute atomic E-state index is 13.4. The van der Waals surface area contributed by atoms with Crippen molar-refractivity contribution in [3.63, 3.8) is 0 Å². The van der Waals surface area contributed by atoms with Gasteiger partial charge < -0.3 is 20.1 Å². The molecule has 0 saturated carbocycles. The van der Waals surface area contributed by atoms with Crippen LogP contribution in [0.15, 0.2) is 27.7 Å². The Hall–Kier alpha value is -1.91. The molecule has 0 bridgehead atoms. The second-order valence-corrected chi connectivity index (χ2v) is 6.79. The van der Waals surface area contributed by atoms with Crippen molar-refractivity contribution in [2.75, 3.05) is 24.5 Å². The van der Waals surface area contributed by atoms with Gasteiger partial charge in [0.2, 0.25) is 5.89 Å². The predicted molar refractivity (Wildman–Crippen MR) is 119 cm³/mol. The predicted octanol–water partition coefficient (Wildman–Crippen LogP) is 3.17. The van der Waals surface area contributed by atoms with Crippen molar-refractivity contribution in [3.05, 3.63) is 41.3 Å². The normalized spacial score (nSPS) is 17.2. The summed E-state index contributed by atoms with van der Waals surface area (Å²) in [6.45, 7) is 8.69. The number of hydrogen-bond donors (Lipinski definition) is 2. The summed E-state index contributed by atoms with van der Waals surface area (Å²) in [7, 11) is 0. The van der Waals surface area contributed by atoms with E-state index in [1.54, 1.807) is 13.0 Å². The van der Waals surface area contributed by atoms with Crippen molar-refractivity contribution in [2.45, 2.75) is 46.2 Å². The number of anilines is 1. The Labute approximate surface area is 182 Å². The molecule has 1 saturated heterocycles. The summed E-state index contributed by atoms with van der Waals surface area (Å²) in [5.74, 6) is 1.65. The topological polar surface area (TPSA) is 78.6 Å². The molecule has 7 nitrogen and oxygen atoms in total. The number of halogens is 2. The SMILES string of the molecule is CCNC(=NCc1noc(C)n1)NC1CCCN(c2ccc(F)cc2C)C1.I. The highest BCUT2D eigenvalue weighted by atomic mass is 127. The second kappa shape index (κ2) is 10.6. The highest BCUT2D eigenvalue weighted by Gasteiger charge is 2.22. The monoisotopic (exact) mass is 502 g/mol. The molecular weight excluding hydrogens is 474 g/mol. The van der Waals surface area contributed by atoms with Crippen LogP contribution in [0.3, 0.4) is 0 Å². The largest absolute Gasteiger partial charge is 0.369 e. The van der Waals surface area contributed by atoms with Gasteiger partial charge in [-0.3, -0.25) is 0 Å². The van der Waals surface area contributed by atoms with Crippen LogP contribution in [0, 0.1) is 19.7 Å². The van der Waals surface area contributed by atoms with Gasteiger partial charge >= 0.3 is 0 Å². The number of aryl methyl sites for hydroxylation is 2. The Balaban J connectivity index is 0.00000280. The molecule has 2 aromatic rings.